The lowest BCUT2D eigenvalue weighted by Crippen LogP contribution is -2.54. The zero-order valence-corrected chi connectivity index (χ0v) is 18.3. The molecule has 0 spiro atoms. The lowest BCUT2D eigenvalue weighted by atomic mass is 9.48. The van der Waals surface area contributed by atoms with Crippen LogP contribution in [-0.4, -0.2) is 18.9 Å². The molecule has 1 N–H and O–H groups in total. The number of carbonyl (C=O) groups excluding carboxylic acids is 1. The highest BCUT2D eigenvalue weighted by molar-refractivity contribution is 7.86. The number of esters is 1. The molecule has 5 unspecified atom stereocenters. The van der Waals surface area contributed by atoms with Crippen LogP contribution in [0.15, 0.2) is 41.3 Å². The van der Waals surface area contributed by atoms with Gasteiger partial charge in [0, 0.05) is 10.8 Å². The van der Waals surface area contributed by atoms with Gasteiger partial charge in [0.15, 0.2) is 0 Å². The Morgan fingerprint density at radius 2 is 1.45 bits per heavy atom. The Labute approximate surface area is 182 Å². The minimum Gasteiger partial charge on any atom is -0.426 e. The summed E-state index contributed by atoms with van der Waals surface area (Å²) in [5, 5.41) is 0.900. The number of carbonyl (C=O) groups is 1. The molecular formula is C25H28O5S. The summed E-state index contributed by atoms with van der Waals surface area (Å²) in [6.07, 6.45) is 8.72. The summed E-state index contributed by atoms with van der Waals surface area (Å²) in [5.74, 6) is 4.25. The number of ether oxygens (including phenoxy) is 1. The van der Waals surface area contributed by atoms with Gasteiger partial charge < -0.3 is 4.74 Å². The minimum absolute atomic E-state index is 0.0521. The van der Waals surface area contributed by atoms with Crippen molar-refractivity contribution < 1.29 is 22.5 Å². The Morgan fingerprint density at radius 1 is 0.839 bits per heavy atom. The topological polar surface area (TPSA) is 80.7 Å². The van der Waals surface area contributed by atoms with Crippen molar-refractivity contribution in [1.29, 1.82) is 0 Å². The molecule has 2 aromatic carbocycles. The van der Waals surface area contributed by atoms with Crippen LogP contribution >= 0.6 is 0 Å². The molecule has 2 aromatic rings. The van der Waals surface area contributed by atoms with E-state index in [1.807, 2.05) is 0 Å². The minimum atomic E-state index is -4.36. The summed E-state index contributed by atoms with van der Waals surface area (Å²) >= 11 is 0. The maximum absolute atomic E-state index is 13.5. The quantitative estimate of drug-likeness (QED) is 0.408. The third kappa shape index (κ3) is 2.98. The molecule has 5 aliphatic rings. The van der Waals surface area contributed by atoms with Gasteiger partial charge in [-0.2, -0.15) is 8.42 Å². The van der Waals surface area contributed by atoms with Crippen molar-refractivity contribution in [2.75, 3.05) is 0 Å². The SMILES string of the molecule is O=C(Oc1ccc(S(=O)(=O)O)c2ccccc12)C1CC2C3CCCC3C1C1CCCC21. The zero-order valence-electron chi connectivity index (χ0n) is 17.4. The van der Waals surface area contributed by atoms with Crippen molar-refractivity contribution in [3.8, 4) is 5.75 Å². The summed E-state index contributed by atoms with van der Waals surface area (Å²) in [7, 11) is -4.36. The van der Waals surface area contributed by atoms with Gasteiger partial charge in [0.25, 0.3) is 10.1 Å². The predicted octanol–water partition coefficient (Wildman–Crippen LogP) is 5.09. The largest absolute Gasteiger partial charge is 0.426 e. The van der Waals surface area contributed by atoms with Crippen LogP contribution < -0.4 is 4.74 Å². The number of hydrogen-bond acceptors (Lipinski definition) is 4. The molecule has 0 heterocycles. The zero-order chi connectivity index (χ0) is 21.3. The van der Waals surface area contributed by atoms with E-state index in [0.29, 0.717) is 40.2 Å². The van der Waals surface area contributed by atoms with E-state index in [0.717, 1.165) is 18.3 Å². The monoisotopic (exact) mass is 440 g/mol. The van der Waals surface area contributed by atoms with E-state index in [9.17, 15) is 17.8 Å². The molecule has 5 saturated carbocycles. The average molecular weight is 441 g/mol. The Hall–Kier alpha value is -1.92. The van der Waals surface area contributed by atoms with Gasteiger partial charge in [-0.15, -0.1) is 0 Å². The summed E-state index contributed by atoms with van der Waals surface area (Å²) < 4.78 is 39.1. The van der Waals surface area contributed by atoms with Gasteiger partial charge in [-0.3, -0.25) is 9.35 Å². The predicted molar refractivity (Wildman–Crippen MR) is 116 cm³/mol. The van der Waals surface area contributed by atoms with Crippen LogP contribution in [0, 0.1) is 41.4 Å². The Morgan fingerprint density at radius 3 is 2.10 bits per heavy atom. The van der Waals surface area contributed by atoms with E-state index in [1.165, 1.54) is 50.7 Å². The maximum Gasteiger partial charge on any atom is 0.314 e. The van der Waals surface area contributed by atoms with Crippen LogP contribution in [0.3, 0.4) is 0 Å². The maximum atomic E-state index is 13.5. The van der Waals surface area contributed by atoms with E-state index >= 15 is 0 Å². The second-order valence-corrected chi connectivity index (χ2v) is 11.5. The van der Waals surface area contributed by atoms with Gasteiger partial charge in [0.05, 0.1) is 5.92 Å². The smallest absolute Gasteiger partial charge is 0.314 e. The first kappa shape index (κ1) is 19.7. The fourth-order valence-corrected chi connectivity index (χ4v) is 8.78. The summed E-state index contributed by atoms with van der Waals surface area (Å²) in [5.41, 5.74) is 0. The molecule has 2 bridgehead atoms. The molecule has 0 amide bonds. The highest BCUT2D eigenvalue weighted by Gasteiger charge is 2.61. The molecule has 0 aliphatic heterocycles. The van der Waals surface area contributed by atoms with Gasteiger partial charge in [-0.1, -0.05) is 37.1 Å². The van der Waals surface area contributed by atoms with Crippen LogP contribution in [0.1, 0.15) is 44.9 Å². The number of hydrogen-bond donors (Lipinski definition) is 1. The molecule has 5 fully saturated rings. The number of rotatable bonds is 3. The third-order valence-corrected chi connectivity index (χ3v) is 9.88. The second-order valence-electron chi connectivity index (χ2n) is 10.1. The van der Waals surface area contributed by atoms with Gasteiger partial charge in [0.2, 0.25) is 0 Å². The average Bonchev–Trinajstić information content (AvgIpc) is 3.43. The van der Waals surface area contributed by atoms with E-state index < -0.39 is 10.1 Å². The molecule has 5 aliphatic carbocycles. The standard InChI is InChI=1S/C25H28O5S/c26-25(30-22-11-12-23(31(27,28)29)17-6-2-1-5-16(17)22)21-13-20-14-7-3-9-18(14)24(21)19-10-4-8-15(19)20/h1-2,5-6,11-12,14-15,18-21,24H,3-4,7-10,13H2,(H,27,28,29). The van der Waals surface area contributed by atoms with Gasteiger partial charge in [-0.25, -0.2) is 0 Å². The van der Waals surface area contributed by atoms with E-state index in [4.69, 9.17) is 4.74 Å². The summed E-state index contributed by atoms with van der Waals surface area (Å²) in [4.78, 5) is 13.3. The van der Waals surface area contributed by atoms with Crippen molar-refractivity contribution in [3.63, 3.8) is 0 Å². The summed E-state index contributed by atoms with van der Waals surface area (Å²) in [6, 6.07) is 9.68. The lowest BCUT2D eigenvalue weighted by molar-refractivity contribution is -0.157. The molecule has 0 aromatic heterocycles. The van der Waals surface area contributed by atoms with Crippen molar-refractivity contribution in [1.82, 2.24) is 0 Å². The molecule has 5 nitrogen and oxygen atoms in total. The van der Waals surface area contributed by atoms with Gasteiger partial charge in [0.1, 0.15) is 10.6 Å². The van der Waals surface area contributed by atoms with Crippen LogP contribution in [0.4, 0.5) is 0 Å². The Kier molecular flexibility index (Phi) is 4.48. The van der Waals surface area contributed by atoms with Crippen LogP contribution in [-0.2, 0) is 14.9 Å². The fraction of sp³-hybridized carbons (Fsp3) is 0.560. The van der Waals surface area contributed by atoms with Gasteiger partial charge >= 0.3 is 5.97 Å². The van der Waals surface area contributed by atoms with E-state index in [1.54, 1.807) is 24.3 Å². The van der Waals surface area contributed by atoms with E-state index in [-0.39, 0.29) is 16.8 Å². The highest BCUT2D eigenvalue weighted by Crippen LogP contribution is 2.65. The highest BCUT2D eigenvalue weighted by atomic mass is 32.2. The van der Waals surface area contributed by atoms with Gasteiger partial charge in [-0.05, 0) is 79.7 Å². The molecule has 5 atom stereocenters. The first-order valence-electron chi connectivity index (χ1n) is 11.6. The van der Waals surface area contributed by atoms with E-state index in [2.05, 4.69) is 0 Å². The molecular weight excluding hydrogens is 412 g/mol. The molecule has 7 rings (SSSR count). The van der Waals surface area contributed by atoms with Crippen LogP contribution in [0.25, 0.3) is 10.8 Å². The Balaban J connectivity index is 1.34. The molecule has 31 heavy (non-hydrogen) atoms. The van der Waals surface area contributed by atoms with Crippen molar-refractivity contribution in [2.45, 2.75) is 49.8 Å². The van der Waals surface area contributed by atoms with Crippen molar-refractivity contribution in [3.05, 3.63) is 36.4 Å². The Bertz CT molecular complexity index is 1130. The second kappa shape index (κ2) is 7.04. The van der Waals surface area contributed by atoms with Crippen LogP contribution in [0.2, 0.25) is 0 Å². The fourth-order valence-electron chi connectivity index (χ4n) is 8.08. The number of benzene rings is 2. The molecule has 0 saturated heterocycles. The molecule has 0 radical (unpaired) electrons. The third-order valence-electron chi connectivity index (χ3n) is 8.96. The first-order chi connectivity index (χ1) is 14.9. The number of fused-ring (bicyclic) bond motifs is 2. The van der Waals surface area contributed by atoms with Crippen molar-refractivity contribution >= 4 is 26.9 Å². The molecule has 164 valence electrons. The van der Waals surface area contributed by atoms with Crippen molar-refractivity contribution in [2.24, 2.45) is 41.4 Å². The first-order valence-corrected chi connectivity index (χ1v) is 13.1. The van der Waals surface area contributed by atoms with Crippen LogP contribution in [0.5, 0.6) is 5.75 Å². The lowest BCUT2D eigenvalue weighted by Gasteiger charge is -2.56. The summed E-state index contributed by atoms with van der Waals surface area (Å²) in [6.45, 7) is 0. The molecule has 6 heteroatoms. The normalized spacial score (nSPS) is 36.4.